The Balaban J connectivity index is 0. The van der Waals surface area contributed by atoms with E-state index in [4.69, 9.17) is 8.32 Å². The summed E-state index contributed by atoms with van der Waals surface area (Å²) in [4.78, 5) is 3.78. The van der Waals surface area contributed by atoms with Crippen molar-refractivity contribution in [3.63, 3.8) is 0 Å². The Morgan fingerprint density at radius 3 is 1.31 bits per heavy atom. The topological polar surface area (TPSA) is 131 Å². The van der Waals surface area contributed by atoms with Crippen LogP contribution in [0.25, 0.3) is 0 Å². The van der Waals surface area contributed by atoms with Gasteiger partial charge in [0.2, 0.25) is 0 Å². The van der Waals surface area contributed by atoms with Gasteiger partial charge in [0, 0.05) is 12.4 Å². The van der Waals surface area contributed by atoms with Crippen molar-refractivity contribution in [3.8, 4) is 0 Å². The number of hydrogen-bond donors (Lipinski definition) is 2. The van der Waals surface area contributed by atoms with Crippen molar-refractivity contribution in [2.75, 3.05) is 0 Å². The second-order valence-electron chi connectivity index (χ2n) is 1.95. The molecule has 0 spiro atoms. The Hall–Kier alpha value is -0.415. The maximum absolute atomic E-state index is 9.53. The molecule has 1 aromatic heterocycles. The molecular weight excluding hydrogens is 326 g/mol. The normalized spacial score (nSPS) is 10.6. The Kier molecular flexibility index (Phi) is 8.75. The van der Waals surface area contributed by atoms with Crippen LogP contribution in [0.5, 0.6) is 0 Å². The van der Waals surface area contributed by atoms with Gasteiger partial charge in [-0.25, -0.2) is 0 Å². The largest absolute Gasteiger partial charge is 0.265 e. The molecule has 0 bridgehead atoms. The van der Waals surface area contributed by atoms with Crippen molar-refractivity contribution in [1.82, 2.24) is 4.98 Å². The second-order valence-corrected chi connectivity index (χ2v) is 5.71. The first-order valence-corrected chi connectivity index (χ1v) is 7.48. The van der Waals surface area contributed by atoms with E-state index in [1.807, 2.05) is 18.2 Å². The van der Waals surface area contributed by atoms with Crippen LogP contribution in [0, 0.1) is 0 Å². The molecular formula is C5H8ClCr2NO7. The van der Waals surface area contributed by atoms with Crippen LogP contribution in [0.15, 0.2) is 30.6 Å². The summed E-state index contributed by atoms with van der Waals surface area (Å²) in [5, 5.41) is 0. The molecule has 8 nitrogen and oxygen atoms in total. The van der Waals surface area contributed by atoms with Crippen molar-refractivity contribution >= 4 is 12.4 Å². The first-order chi connectivity index (χ1) is 6.71. The van der Waals surface area contributed by atoms with Crippen molar-refractivity contribution < 1.29 is 53.6 Å². The maximum atomic E-state index is 9.53. The molecule has 0 amide bonds. The average molecular weight is 334 g/mol. The smallest absolute Gasteiger partial charge is 0.0267 e. The summed E-state index contributed by atoms with van der Waals surface area (Å²) in [7, 11) is 0. The van der Waals surface area contributed by atoms with Gasteiger partial charge in [0.1, 0.15) is 0 Å². The standard InChI is InChI=1S/C5H5N.ClH.2Cr.2H2O.5O/c1-2-4-6-5-3-1;;;;;;;;;;/h1-5H;1H;;;2*1H2;;;;;/q;;2*+1;;;;;;;/p-2. The molecule has 0 fully saturated rings. The monoisotopic (exact) mass is 333 g/mol. The van der Waals surface area contributed by atoms with Gasteiger partial charge in [0.05, 0.1) is 0 Å². The average Bonchev–Trinajstić information content (AvgIpc) is 2.01. The molecule has 16 heavy (non-hydrogen) atoms. The molecule has 0 aliphatic rings. The van der Waals surface area contributed by atoms with Gasteiger partial charge < -0.3 is 0 Å². The fraction of sp³-hybridized carbons (Fsp3) is 0. The van der Waals surface area contributed by atoms with Gasteiger partial charge in [-0.2, -0.15) is 0 Å². The molecule has 0 unspecified atom stereocenters. The van der Waals surface area contributed by atoms with Crippen LogP contribution >= 0.6 is 12.4 Å². The van der Waals surface area contributed by atoms with Crippen LogP contribution in [0.3, 0.4) is 0 Å². The van der Waals surface area contributed by atoms with E-state index in [-0.39, 0.29) is 12.4 Å². The van der Waals surface area contributed by atoms with Crippen molar-refractivity contribution in [1.29, 1.82) is 0 Å². The first kappa shape index (κ1) is 18.0. The molecule has 2 N–H and O–H groups in total. The zero-order valence-electron chi connectivity index (χ0n) is 7.49. The number of aromatic nitrogens is 1. The summed E-state index contributed by atoms with van der Waals surface area (Å²) in [6.07, 6.45) is 3.50. The Labute approximate surface area is 101 Å². The van der Waals surface area contributed by atoms with Crippen molar-refractivity contribution in [2.45, 2.75) is 0 Å². The number of rotatable bonds is 2. The molecule has 0 aliphatic carbocycles. The molecule has 1 heterocycles. The third-order valence-electron chi connectivity index (χ3n) is 0.738. The third-order valence-corrected chi connectivity index (χ3v) is 3.49. The Morgan fingerprint density at radius 2 is 1.25 bits per heavy atom. The number of nitrogens with zero attached hydrogens (tertiary/aromatic N) is 1. The number of hydrogen-bond acceptors (Lipinski definition) is 6. The summed E-state index contributed by atoms with van der Waals surface area (Å²) in [5.74, 6) is 0. The van der Waals surface area contributed by atoms with E-state index in [2.05, 4.69) is 7.82 Å². The van der Waals surface area contributed by atoms with E-state index in [1.165, 1.54) is 0 Å². The van der Waals surface area contributed by atoms with Gasteiger partial charge in [0.25, 0.3) is 0 Å². The summed E-state index contributed by atoms with van der Waals surface area (Å²) in [6.45, 7) is 0. The molecule has 0 aromatic carbocycles. The second kappa shape index (κ2) is 7.79. The number of pyridine rings is 1. The van der Waals surface area contributed by atoms with E-state index in [9.17, 15) is 15.2 Å². The third kappa shape index (κ3) is 16.0. The minimum atomic E-state index is -5.76. The van der Waals surface area contributed by atoms with E-state index in [0.717, 1.165) is 0 Å². The summed E-state index contributed by atoms with van der Waals surface area (Å²) >= 11 is -11.5. The summed E-state index contributed by atoms with van der Waals surface area (Å²) in [6, 6.07) is 5.72. The van der Waals surface area contributed by atoms with E-state index >= 15 is 0 Å². The zero-order valence-corrected chi connectivity index (χ0v) is 10.9. The number of halogens is 1. The fourth-order valence-electron chi connectivity index (χ4n) is 0.421. The van der Waals surface area contributed by atoms with Crippen molar-refractivity contribution in [3.05, 3.63) is 30.6 Å². The summed E-state index contributed by atoms with van der Waals surface area (Å²) in [5.41, 5.74) is 0. The molecule has 0 radical (unpaired) electrons. The minimum absolute atomic E-state index is 0. The molecule has 1 rings (SSSR count). The fourth-order valence-corrected chi connectivity index (χ4v) is 2.16. The predicted octanol–water partition coefficient (Wildman–Crippen LogP) is -0.159. The van der Waals surface area contributed by atoms with Crippen LogP contribution in [-0.2, 0) is 45.3 Å². The van der Waals surface area contributed by atoms with E-state index in [1.54, 1.807) is 12.4 Å². The predicted molar refractivity (Wildman–Crippen MR) is 39.8 cm³/mol. The first-order valence-electron chi connectivity index (χ1n) is 3.21. The van der Waals surface area contributed by atoms with Gasteiger partial charge in [-0.05, 0) is 12.1 Å². The van der Waals surface area contributed by atoms with E-state index in [0.29, 0.717) is 0 Å². The van der Waals surface area contributed by atoms with Crippen LogP contribution in [0.1, 0.15) is 0 Å². The van der Waals surface area contributed by atoms with Crippen molar-refractivity contribution in [2.24, 2.45) is 0 Å². The van der Waals surface area contributed by atoms with E-state index < -0.39 is 27.2 Å². The maximum Gasteiger partial charge on any atom is 0.0267 e. The molecule has 1 aromatic rings. The quantitative estimate of drug-likeness (QED) is 0.763. The van der Waals surface area contributed by atoms with Gasteiger partial charge in [0.15, 0.2) is 0 Å². The SMILES string of the molecule is Cl.[O]=[Cr](=[O])([OH])[O][Cr](=[O])(=[O])[OH].c1ccncc1. The Bertz CT molecular complexity index is 414. The van der Waals surface area contributed by atoms with Gasteiger partial charge >= 0.3 is 53.6 Å². The molecule has 11 heteroatoms. The molecule has 0 atom stereocenters. The Morgan fingerprint density at radius 1 is 0.875 bits per heavy atom. The van der Waals surface area contributed by atoms with Gasteiger partial charge in [-0.1, -0.05) is 6.07 Å². The zero-order chi connectivity index (χ0) is 11.9. The molecule has 0 saturated carbocycles. The molecule has 0 aliphatic heterocycles. The van der Waals surface area contributed by atoms with Gasteiger partial charge in [-0.3, -0.25) is 4.98 Å². The van der Waals surface area contributed by atoms with Crippen LogP contribution in [0.2, 0.25) is 0 Å². The van der Waals surface area contributed by atoms with Gasteiger partial charge in [-0.15, -0.1) is 12.4 Å². The van der Waals surface area contributed by atoms with Crippen LogP contribution in [-0.4, -0.2) is 13.3 Å². The molecule has 0 saturated heterocycles. The van der Waals surface area contributed by atoms with Crippen LogP contribution in [0.4, 0.5) is 0 Å². The molecule has 94 valence electrons. The summed E-state index contributed by atoms with van der Waals surface area (Å²) < 4.78 is 56.3. The van der Waals surface area contributed by atoms with Crippen LogP contribution < -0.4 is 0 Å². The minimum Gasteiger partial charge on any atom is -0.265 e.